The summed E-state index contributed by atoms with van der Waals surface area (Å²) in [5.41, 5.74) is 1.23. The second kappa shape index (κ2) is 9.77. The van der Waals surface area contributed by atoms with E-state index in [1.165, 1.54) is 18.2 Å². The van der Waals surface area contributed by atoms with Gasteiger partial charge in [-0.2, -0.15) is 8.42 Å². The first-order chi connectivity index (χ1) is 14.9. The minimum Gasteiger partial charge on any atom is -0.465 e. The number of carbonyl (C=O) groups is 2. The Bertz CT molecular complexity index is 1170. The Balaban J connectivity index is 1.78. The minimum absolute atomic E-state index is 0.142. The van der Waals surface area contributed by atoms with Crippen LogP contribution in [0, 0.1) is 0 Å². The van der Waals surface area contributed by atoms with Gasteiger partial charge in [0.25, 0.3) is 0 Å². The van der Waals surface area contributed by atoms with Crippen LogP contribution in [0.15, 0.2) is 78.9 Å². The molecule has 3 aromatic carbocycles. The molecular weight excluding hydrogens is 420 g/mol. The molecule has 0 aliphatic rings. The lowest BCUT2D eigenvalue weighted by Gasteiger charge is -2.13. The molecule has 0 heterocycles. The van der Waals surface area contributed by atoms with Crippen molar-refractivity contribution in [1.82, 2.24) is 0 Å². The van der Waals surface area contributed by atoms with Crippen LogP contribution < -0.4 is 14.8 Å². The molecule has 0 aromatic heterocycles. The Morgan fingerprint density at radius 1 is 0.839 bits per heavy atom. The standard InChI is InChI=1S/C22H20N2O6S/c1-29-21(25)19-14-18(24-22(26)23-17-10-6-3-7-11-17)12-13-20(19)30-31(27,28)15-16-8-4-2-5-9-16/h2-14H,15H2,1H3,(H2,23,24,26). The first kappa shape index (κ1) is 21.8. The fraction of sp³-hybridized carbons (Fsp3) is 0.0909. The number of urea groups is 1. The summed E-state index contributed by atoms with van der Waals surface area (Å²) in [5.74, 6) is -1.37. The predicted molar refractivity (Wildman–Crippen MR) is 117 cm³/mol. The van der Waals surface area contributed by atoms with Crippen LogP contribution >= 0.6 is 0 Å². The monoisotopic (exact) mass is 440 g/mol. The number of hydrogen-bond donors (Lipinski definition) is 2. The highest BCUT2D eigenvalue weighted by Gasteiger charge is 2.21. The first-order valence-corrected chi connectivity index (χ1v) is 10.8. The van der Waals surface area contributed by atoms with E-state index in [2.05, 4.69) is 10.6 Å². The third-order valence-electron chi connectivity index (χ3n) is 4.08. The zero-order valence-electron chi connectivity index (χ0n) is 16.6. The molecule has 0 atom stereocenters. The van der Waals surface area contributed by atoms with E-state index < -0.39 is 22.1 Å². The van der Waals surface area contributed by atoms with Crippen molar-refractivity contribution in [2.45, 2.75) is 5.75 Å². The van der Waals surface area contributed by atoms with Crippen molar-refractivity contribution in [1.29, 1.82) is 0 Å². The Hall–Kier alpha value is -3.85. The van der Waals surface area contributed by atoms with Crippen LogP contribution in [0.3, 0.4) is 0 Å². The third kappa shape index (κ3) is 6.31. The lowest BCUT2D eigenvalue weighted by molar-refractivity contribution is 0.0599. The van der Waals surface area contributed by atoms with Crippen LogP contribution in [0.25, 0.3) is 0 Å². The zero-order valence-corrected chi connectivity index (χ0v) is 17.4. The molecule has 8 nitrogen and oxygen atoms in total. The number of hydrogen-bond acceptors (Lipinski definition) is 6. The summed E-state index contributed by atoms with van der Waals surface area (Å²) >= 11 is 0. The van der Waals surface area contributed by atoms with Crippen molar-refractivity contribution in [3.63, 3.8) is 0 Å². The van der Waals surface area contributed by atoms with Crippen LogP contribution in [0.2, 0.25) is 0 Å². The molecule has 0 saturated heterocycles. The molecule has 0 spiro atoms. The molecule has 2 amide bonds. The van der Waals surface area contributed by atoms with Gasteiger partial charge in [-0.3, -0.25) is 0 Å². The van der Waals surface area contributed by atoms with Gasteiger partial charge < -0.3 is 19.6 Å². The van der Waals surface area contributed by atoms with Gasteiger partial charge in [0, 0.05) is 11.4 Å². The summed E-state index contributed by atoms with van der Waals surface area (Å²) in [6.45, 7) is 0. The second-order valence-electron chi connectivity index (χ2n) is 6.42. The largest absolute Gasteiger partial charge is 0.465 e. The maximum Gasteiger partial charge on any atom is 0.341 e. The minimum atomic E-state index is -4.04. The lowest BCUT2D eigenvalue weighted by atomic mass is 10.2. The number of para-hydroxylation sites is 1. The molecular formula is C22H20N2O6S. The van der Waals surface area contributed by atoms with Gasteiger partial charge in [0.15, 0.2) is 5.75 Å². The van der Waals surface area contributed by atoms with E-state index in [0.29, 0.717) is 11.3 Å². The van der Waals surface area contributed by atoms with Crippen molar-refractivity contribution in [2.24, 2.45) is 0 Å². The average Bonchev–Trinajstić information content (AvgIpc) is 2.75. The number of amides is 2. The fourth-order valence-electron chi connectivity index (χ4n) is 2.71. The zero-order chi connectivity index (χ0) is 22.3. The summed E-state index contributed by atoms with van der Waals surface area (Å²) in [7, 11) is -2.88. The van der Waals surface area contributed by atoms with Crippen molar-refractivity contribution >= 4 is 33.5 Å². The van der Waals surface area contributed by atoms with Gasteiger partial charge in [0.1, 0.15) is 11.3 Å². The summed E-state index contributed by atoms with van der Waals surface area (Å²) in [5, 5.41) is 5.22. The molecule has 160 valence electrons. The highest BCUT2D eigenvalue weighted by Crippen LogP contribution is 2.26. The summed E-state index contributed by atoms with van der Waals surface area (Å²) in [4.78, 5) is 24.4. The summed E-state index contributed by atoms with van der Waals surface area (Å²) in [6, 6.07) is 20.7. The van der Waals surface area contributed by atoms with E-state index in [4.69, 9.17) is 8.92 Å². The topological polar surface area (TPSA) is 111 Å². The quantitative estimate of drug-likeness (QED) is 0.424. The van der Waals surface area contributed by atoms with Crippen molar-refractivity contribution < 1.29 is 26.9 Å². The number of ether oxygens (including phenoxy) is 1. The first-order valence-electron chi connectivity index (χ1n) is 9.18. The molecule has 3 rings (SSSR count). The fourth-order valence-corrected chi connectivity index (χ4v) is 3.79. The van der Waals surface area contributed by atoms with Gasteiger partial charge in [-0.25, -0.2) is 9.59 Å². The molecule has 2 N–H and O–H groups in total. The van der Waals surface area contributed by atoms with Crippen LogP contribution in [0.1, 0.15) is 15.9 Å². The van der Waals surface area contributed by atoms with Crippen molar-refractivity contribution in [3.8, 4) is 5.75 Å². The van der Waals surface area contributed by atoms with Gasteiger partial charge in [-0.1, -0.05) is 48.5 Å². The van der Waals surface area contributed by atoms with E-state index in [-0.39, 0.29) is 22.8 Å². The van der Waals surface area contributed by atoms with E-state index in [1.807, 2.05) is 6.07 Å². The number of methoxy groups -OCH3 is 1. The Labute approximate surface area is 179 Å². The second-order valence-corrected chi connectivity index (χ2v) is 7.99. The Kier molecular flexibility index (Phi) is 6.88. The normalized spacial score (nSPS) is 10.7. The molecule has 0 bridgehead atoms. The van der Waals surface area contributed by atoms with E-state index in [1.54, 1.807) is 54.6 Å². The molecule has 3 aromatic rings. The average molecular weight is 440 g/mol. The van der Waals surface area contributed by atoms with Crippen molar-refractivity contribution in [3.05, 3.63) is 90.0 Å². The van der Waals surface area contributed by atoms with Gasteiger partial charge in [-0.15, -0.1) is 0 Å². The molecule has 0 saturated carbocycles. The highest BCUT2D eigenvalue weighted by molar-refractivity contribution is 7.86. The lowest BCUT2D eigenvalue weighted by Crippen LogP contribution is -2.20. The molecule has 0 aliphatic heterocycles. The summed E-state index contributed by atoms with van der Waals surface area (Å²) < 4.78 is 34.8. The predicted octanol–water partition coefficient (Wildman–Crippen LogP) is 4.03. The van der Waals surface area contributed by atoms with Crippen LogP contribution in [0.5, 0.6) is 5.75 Å². The Morgan fingerprint density at radius 3 is 2.10 bits per heavy atom. The number of carbonyl (C=O) groups excluding carboxylic acids is 2. The van der Waals surface area contributed by atoms with Crippen molar-refractivity contribution in [2.75, 3.05) is 17.7 Å². The van der Waals surface area contributed by atoms with Gasteiger partial charge in [0.2, 0.25) is 0 Å². The molecule has 31 heavy (non-hydrogen) atoms. The van der Waals surface area contributed by atoms with E-state index in [0.717, 1.165) is 7.11 Å². The summed E-state index contributed by atoms with van der Waals surface area (Å²) in [6.07, 6.45) is 0. The van der Waals surface area contributed by atoms with Gasteiger partial charge in [0.05, 0.1) is 7.11 Å². The van der Waals surface area contributed by atoms with Gasteiger partial charge >= 0.3 is 22.1 Å². The molecule has 9 heteroatoms. The number of esters is 1. The molecule has 0 radical (unpaired) electrons. The van der Waals surface area contributed by atoms with Crippen LogP contribution in [-0.2, 0) is 20.6 Å². The highest BCUT2D eigenvalue weighted by atomic mass is 32.2. The number of anilines is 2. The molecule has 0 aliphatic carbocycles. The number of nitrogens with one attached hydrogen (secondary N) is 2. The van der Waals surface area contributed by atoms with Crippen LogP contribution in [0.4, 0.5) is 16.2 Å². The number of benzene rings is 3. The Morgan fingerprint density at radius 2 is 1.45 bits per heavy atom. The third-order valence-corrected chi connectivity index (χ3v) is 5.20. The molecule has 0 fully saturated rings. The number of rotatable bonds is 7. The maximum absolute atomic E-state index is 12.4. The van der Waals surface area contributed by atoms with E-state index >= 15 is 0 Å². The molecule has 0 unspecified atom stereocenters. The maximum atomic E-state index is 12.4. The SMILES string of the molecule is COC(=O)c1cc(NC(=O)Nc2ccccc2)ccc1OS(=O)(=O)Cc1ccccc1. The van der Waals surface area contributed by atoms with Gasteiger partial charge in [-0.05, 0) is 35.9 Å². The smallest absolute Gasteiger partial charge is 0.341 e. The van der Waals surface area contributed by atoms with E-state index in [9.17, 15) is 18.0 Å². The van der Waals surface area contributed by atoms with Crippen LogP contribution in [-0.4, -0.2) is 27.5 Å².